The van der Waals surface area contributed by atoms with Crippen LogP contribution in [0.15, 0.2) is 30.5 Å². The molecule has 0 saturated carbocycles. The Hall–Kier alpha value is -2.48. The first-order valence-corrected chi connectivity index (χ1v) is 7.27. The van der Waals surface area contributed by atoms with E-state index in [1.54, 1.807) is 31.3 Å². The average molecular weight is 358 g/mol. The second-order valence-electron chi connectivity index (χ2n) is 5.04. The lowest BCUT2D eigenvalue weighted by atomic mass is 10.1. The van der Waals surface area contributed by atoms with Crippen molar-refractivity contribution in [3.05, 3.63) is 41.0 Å². The molecule has 9 heteroatoms. The van der Waals surface area contributed by atoms with Crippen LogP contribution in [0.2, 0.25) is 5.02 Å². The molecule has 128 valence electrons. The van der Waals surface area contributed by atoms with E-state index < -0.39 is 30.8 Å². The Balaban J connectivity index is 2.34. The molecular formula is C15H14ClF2N3O3. The minimum Gasteiger partial charge on any atom is -0.480 e. The maximum Gasteiger partial charge on any atom is 0.326 e. The summed E-state index contributed by atoms with van der Waals surface area (Å²) in [7, 11) is 1.57. The molecule has 1 aromatic carbocycles. The van der Waals surface area contributed by atoms with Gasteiger partial charge in [0.05, 0.1) is 10.6 Å². The molecule has 0 fully saturated rings. The molecule has 0 aliphatic carbocycles. The van der Waals surface area contributed by atoms with Gasteiger partial charge < -0.3 is 10.4 Å². The maximum atomic E-state index is 12.5. The van der Waals surface area contributed by atoms with Gasteiger partial charge in [0.25, 0.3) is 5.91 Å². The van der Waals surface area contributed by atoms with Crippen LogP contribution in [0.1, 0.15) is 16.8 Å². The topological polar surface area (TPSA) is 84.2 Å². The molecule has 0 radical (unpaired) electrons. The highest BCUT2D eigenvalue weighted by Crippen LogP contribution is 2.29. The molecule has 2 aromatic rings. The summed E-state index contributed by atoms with van der Waals surface area (Å²) in [6, 6.07) is 4.97. The fourth-order valence-corrected chi connectivity index (χ4v) is 2.37. The summed E-state index contributed by atoms with van der Waals surface area (Å²) in [6.45, 7) is 0. The van der Waals surface area contributed by atoms with Crippen molar-refractivity contribution < 1.29 is 23.5 Å². The summed E-state index contributed by atoms with van der Waals surface area (Å²) < 4.78 is 26.3. The van der Waals surface area contributed by atoms with E-state index in [4.69, 9.17) is 16.7 Å². The van der Waals surface area contributed by atoms with Crippen LogP contribution in [-0.4, -0.2) is 39.2 Å². The molecular weight excluding hydrogens is 344 g/mol. The lowest BCUT2D eigenvalue weighted by Gasteiger charge is -2.14. The highest BCUT2D eigenvalue weighted by atomic mass is 35.5. The summed E-state index contributed by atoms with van der Waals surface area (Å²) in [4.78, 5) is 23.4. The normalized spacial score (nSPS) is 12.2. The third-order valence-electron chi connectivity index (χ3n) is 3.22. The Morgan fingerprint density at radius 2 is 2.04 bits per heavy atom. The molecule has 0 saturated heterocycles. The van der Waals surface area contributed by atoms with Crippen molar-refractivity contribution in [1.82, 2.24) is 15.1 Å². The zero-order chi connectivity index (χ0) is 17.9. The molecule has 1 amide bonds. The Morgan fingerprint density at radius 1 is 1.38 bits per heavy atom. The molecule has 0 spiro atoms. The monoisotopic (exact) mass is 357 g/mol. The van der Waals surface area contributed by atoms with E-state index in [2.05, 4.69) is 10.4 Å². The Labute approximate surface area is 141 Å². The smallest absolute Gasteiger partial charge is 0.326 e. The number of carbonyl (C=O) groups is 2. The van der Waals surface area contributed by atoms with Gasteiger partial charge in [-0.05, 0) is 6.07 Å². The first-order chi connectivity index (χ1) is 11.3. The number of halogens is 3. The van der Waals surface area contributed by atoms with Crippen molar-refractivity contribution >= 4 is 23.5 Å². The Kier molecular flexibility index (Phi) is 5.50. The van der Waals surface area contributed by atoms with Crippen molar-refractivity contribution in [2.75, 3.05) is 0 Å². The van der Waals surface area contributed by atoms with Gasteiger partial charge in [0, 0.05) is 25.2 Å². The van der Waals surface area contributed by atoms with Gasteiger partial charge in [-0.2, -0.15) is 5.10 Å². The number of benzene rings is 1. The predicted octanol–water partition coefficient (Wildman–Crippen LogP) is 2.58. The van der Waals surface area contributed by atoms with Crippen molar-refractivity contribution in [3.8, 4) is 11.3 Å². The van der Waals surface area contributed by atoms with E-state index in [-0.39, 0.29) is 11.3 Å². The molecule has 1 heterocycles. The zero-order valence-corrected chi connectivity index (χ0v) is 13.3. The van der Waals surface area contributed by atoms with Crippen molar-refractivity contribution in [2.45, 2.75) is 18.9 Å². The number of nitrogens with zero attached hydrogens (tertiary/aromatic N) is 2. The van der Waals surface area contributed by atoms with E-state index in [9.17, 15) is 18.4 Å². The van der Waals surface area contributed by atoms with Crippen molar-refractivity contribution in [2.24, 2.45) is 7.05 Å². The van der Waals surface area contributed by atoms with Gasteiger partial charge >= 0.3 is 5.97 Å². The second kappa shape index (κ2) is 7.39. The summed E-state index contributed by atoms with van der Waals surface area (Å²) in [6.07, 6.45) is -2.47. The van der Waals surface area contributed by atoms with E-state index in [0.717, 1.165) is 0 Å². The number of aryl methyl sites for hydroxylation is 1. The summed E-state index contributed by atoms with van der Waals surface area (Å²) >= 11 is 6.10. The highest BCUT2D eigenvalue weighted by molar-refractivity contribution is 6.33. The minimum atomic E-state index is -2.86. The lowest BCUT2D eigenvalue weighted by molar-refractivity contribution is -0.140. The summed E-state index contributed by atoms with van der Waals surface area (Å²) in [5.74, 6) is -2.35. The number of carboxylic acid groups (broad SMARTS) is 1. The van der Waals surface area contributed by atoms with Crippen molar-refractivity contribution in [1.29, 1.82) is 0 Å². The second-order valence-corrected chi connectivity index (χ2v) is 5.44. The predicted molar refractivity (Wildman–Crippen MR) is 83.2 cm³/mol. The first-order valence-electron chi connectivity index (χ1n) is 6.90. The van der Waals surface area contributed by atoms with Crippen LogP contribution >= 0.6 is 11.6 Å². The molecule has 2 N–H and O–H groups in total. The Morgan fingerprint density at radius 3 is 2.62 bits per heavy atom. The molecule has 0 aliphatic rings. The molecule has 1 unspecified atom stereocenters. The number of hydrogen-bond acceptors (Lipinski definition) is 3. The zero-order valence-electron chi connectivity index (χ0n) is 12.5. The summed E-state index contributed by atoms with van der Waals surface area (Å²) in [5.41, 5.74) is 0.763. The third-order valence-corrected chi connectivity index (χ3v) is 3.55. The number of carbonyl (C=O) groups excluding carboxylic acids is 1. The minimum absolute atomic E-state index is 0.0473. The fourth-order valence-electron chi connectivity index (χ4n) is 2.14. The van der Waals surface area contributed by atoms with Gasteiger partial charge in [0.2, 0.25) is 6.43 Å². The first kappa shape index (κ1) is 17.9. The number of aromatic nitrogens is 2. The van der Waals surface area contributed by atoms with Crippen LogP contribution in [-0.2, 0) is 11.8 Å². The van der Waals surface area contributed by atoms with E-state index in [1.807, 2.05) is 0 Å². The van der Waals surface area contributed by atoms with Gasteiger partial charge in [-0.1, -0.05) is 29.8 Å². The van der Waals surface area contributed by atoms with Crippen LogP contribution in [0.3, 0.4) is 0 Å². The molecule has 2 rings (SSSR count). The molecule has 0 aliphatic heterocycles. The van der Waals surface area contributed by atoms with Crippen LogP contribution in [0, 0.1) is 0 Å². The number of rotatable bonds is 6. The molecule has 1 aromatic heterocycles. The van der Waals surface area contributed by atoms with Crippen LogP contribution < -0.4 is 5.32 Å². The van der Waals surface area contributed by atoms with E-state index >= 15 is 0 Å². The third kappa shape index (κ3) is 4.08. The largest absolute Gasteiger partial charge is 0.480 e. The van der Waals surface area contributed by atoms with Gasteiger partial charge in [-0.25, -0.2) is 13.6 Å². The van der Waals surface area contributed by atoms with Gasteiger partial charge in [0.1, 0.15) is 11.7 Å². The Bertz CT molecular complexity index is 764. The molecule has 1 atom stereocenters. The van der Waals surface area contributed by atoms with Crippen molar-refractivity contribution in [3.63, 3.8) is 0 Å². The molecule has 6 nitrogen and oxygen atoms in total. The number of aliphatic carboxylic acids is 1. The van der Waals surface area contributed by atoms with Crippen LogP contribution in [0.25, 0.3) is 11.3 Å². The number of carboxylic acids is 1. The average Bonchev–Trinajstić information content (AvgIpc) is 2.88. The maximum absolute atomic E-state index is 12.5. The number of hydrogen-bond donors (Lipinski definition) is 2. The van der Waals surface area contributed by atoms with E-state index in [1.165, 1.54) is 10.9 Å². The van der Waals surface area contributed by atoms with Gasteiger partial charge in [-0.15, -0.1) is 0 Å². The highest BCUT2D eigenvalue weighted by Gasteiger charge is 2.27. The number of amides is 1. The quantitative estimate of drug-likeness (QED) is 0.832. The molecule has 0 bridgehead atoms. The lowest BCUT2D eigenvalue weighted by Crippen LogP contribution is -2.42. The number of nitrogens with one attached hydrogen (secondary N) is 1. The molecule has 24 heavy (non-hydrogen) atoms. The summed E-state index contributed by atoms with van der Waals surface area (Å²) in [5, 5.41) is 15.6. The standard InChI is InChI=1S/C15H14ClF2N3O3/c1-21-7-9(13(20-21)8-4-2-3-5-10(8)16)14(22)19-11(15(23)24)6-12(17)18/h2-5,7,11-12H,6H2,1H3,(H,19,22)(H,23,24). The fraction of sp³-hybridized carbons (Fsp3) is 0.267. The van der Waals surface area contributed by atoms with Crippen LogP contribution in [0.4, 0.5) is 8.78 Å². The van der Waals surface area contributed by atoms with E-state index in [0.29, 0.717) is 10.6 Å². The van der Waals surface area contributed by atoms with Gasteiger partial charge in [-0.3, -0.25) is 9.48 Å². The van der Waals surface area contributed by atoms with Gasteiger partial charge in [0.15, 0.2) is 0 Å². The SMILES string of the molecule is Cn1cc(C(=O)NC(CC(F)F)C(=O)O)c(-c2ccccc2Cl)n1. The number of alkyl halides is 2. The van der Waals surface area contributed by atoms with Crippen LogP contribution in [0.5, 0.6) is 0 Å².